The minimum Gasteiger partial charge on any atom is -0.494 e. The van der Waals surface area contributed by atoms with Crippen molar-refractivity contribution in [2.75, 3.05) is 6.61 Å². The van der Waals surface area contributed by atoms with Crippen LogP contribution in [-0.2, 0) is 10.2 Å². The van der Waals surface area contributed by atoms with Crippen LogP contribution in [0.5, 0.6) is 5.75 Å². The van der Waals surface area contributed by atoms with Crippen LogP contribution in [0.15, 0.2) is 24.3 Å². The van der Waals surface area contributed by atoms with Gasteiger partial charge >= 0.3 is 5.97 Å². The monoisotopic (exact) mass is 240 g/mol. The van der Waals surface area contributed by atoms with Crippen molar-refractivity contribution in [2.24, 2.45) is 0 Å². The second kappa shape index (κ2) is 3.98. The summed E-state index contributed by atoms with van der Waals surface area (Å²) in [7, 11) is 0. The van der Waals surface area contributed by atoms with Gasteiger partial charge in [0.2, 0.25) is 0 Å². The molecule has 1 aromatic carbocycles. The molecule has 0 radical (unpaired) electrons. The number of carbonyl (C=O) groups is 1. The minimum absolute atomic E-state index is 0.303. The predicted octanol–water partition coefficient (Wildman–Crippen LogP) is 2.42. The molecule has 1 fully saturated rings. The molecule has 0 aliphatic heterocycles. The lowest BCUT2D eigenvalue weighted by Gasteiger charge is -2.11. The standard InChI is InChI=1S/C12H13ClO3/c1-2-16-9-5-3-8(4-6-9)12(11(14)15)7-10(12)13/h3-6,10H,2,7H2,1H3,(H,14,15). The van der Waals surface area contributed by atoms with Crippen LogP contribution in [0, 0.1) is 0 Å². The number of aliphatic carboxylic acids is 1. The molecule has 16 heavy (non-hydrogen) atoms. The van der Waals surface area contributed by atoms with Gasteiger partial charge in [0.1, 0.15) is 11.2 Å². The molecule has 1 aromatic rings. The zero-order chi connectivity index (χ0) is 11.8. The van der Waals surface area contributed by atoms with Crippen molar-refractivity contribution < 1.29 is 14.6 Å². The van der Waals surface area contributed by atoms with E-state index in [2.05, 4.69) is 0 Å². The van der Waals surface area contributed by atoms with Gasteiger partial charge < -0.3 is 9.84 Å². The average molecular weight is 241 g/mol. The van der Waals surface area contributed by atoms with Crippen molar-refractivity contribution in [3.63, 3.8) is 0 Å². The van der Waals surface area contributed by atoms with Gasteiger partial charge in [0.05, 0.1) is 12.0 Å². The molecular formula is C12H13ClO3. The molecule has 1 N–H and O–H groups in total. The van der Waals surface area contributed by atoms with Crippen LogP contribution < -0.4 is 4.74 Å². The van der Waals surface area contributed by atoms with Crippen molar-refractivity contribution >= 4 is 17.6 Å². The van der Waals surface area contributed by atoms with Crippen molar-refractivity contribution in [1.82, 2.24) is 0 Å². The lowest BCUT2D eigenvalue weighted by molar-refractivity contribution is -0.139. The molecule has 2 atom stereocenters. The molecule has 0 spiro atoms. The number of carboxylic acids is 1. The number of hydrogen-bond donors (Lipinski definition) is 1. The zero-order valence-electron chi connectivity index (χ0n) is 8.94. The molecule has 2 unspecified atom stereocenters. The van der Waals surface area contributed by atoms with Crippen LogP contribution in [0.25, 0.3) is 0 Å². The second-order valence-electron chi connectivity index (χ2n) is 3.91. The lowest BCUT2D eigenvalue weighted by atomic mass is 9.96. The molecule has 86 valence electrons. The summed E-state index contributed by atoms with van der Waals surface area (Å²) >= 11 is 5.93. The fraction of sp³-hybridized carbons (Fsp3) is 0.417. The van der Waals surface area contributed by atoms with Gasteiger partial charge in [-0.2, -0.15) is 0 Å². The summed E-state index contributed by atoms with van der Waals surface area (Å²) in [6.45, 7) is 2.50. The third-order valence-corrected chi connectivity index (χ3v) is 3.46. The molecule has 0 amide bonds. The maximum absolute atomic E-state index is 11.2. The molecule has 0 aromatic heterocycles. The fourth-order valence-corrected chi connectivity index (χ4v) is 2.35. The van der Waals surface area contributed by atoms with E-state index in [9.17, 15) is 9.90 Å². The third kappa shape index (κ3) is 1.65. The Labute approximate surface area is 99.0 Å². The van der Waals surface area contributed by atoms with E-state index in [-0.39, 0.29) is 5.38 Å². The normalized spacial score (nSPS) is 27.5. The number of halogens is 1. The number of carboxylic acid groups (broad SMARTS) is 1. The van der Waals surface area contributed by atoms with Crippen molar-refractivity contribution in [2.45, 2.75) is 24.1 Å². The first-order valence-corrected chi connectivity index (χ1v) is 5.65. The smallest absolute Gasteiger partial charge is 0.315 e. The Hall–Kier alpha value is -1.22. The average Bonchev–Trinajstić information content (AvgIpc) is 2.93. The Balaban J connectivity index is 2.25. The Morgan fingerprint density at radius 2 is 2.12 bits per heavy atom. The van der Waals surface area contributed by atoms with Crippen molar-refractivity contribution in [3.05, 3.63) is 29.8 Å². The number of ether oxygens (including phenoxy) is 1. The van der Waals surface area contributed by atoms with Gasteiger partial charge in [-0.15, -0.1) is 11.6 Å². The zero-order valence-corrected chi connectivity index (χ0v) is 9.70. The van der Waals surface area contributed by atoms with Crippen LogP contribution in [-0.4, -0.2) is 23.1 Å². The molecule has 3 nitrogen and oxygen atoms in total. The van der Waals surface area contributed by atoms with Gasteiger partial charge in [0, 0.05) is 0 Å². The Morgan fingerprint density at radius 1 is 1.56 bits per heavy atom. The molecule has 0 saturated heterocycles. The highest BCUT2D eigenvalue weighted by molar-refractivity contribution is 6.26. The summed E-state index contributed by atoms with van der Waals surface area (Å²) in [5.74, 6) is -0.102. The van der Waals surface area contributed by atoms with E-state index >= 15 is 0 Å². The molecule has 0 bridgehead atoms. The second-order valence-corrected chi connectivity index (χ2v) is 4.43. The predicted molar refractivity (Wildman–Crippen MR) is 61.2 cm³/mol. The molecule has 2 rings (SSSR count). The van der Waals surface area contributed by atoms with Gasteiger partial charge in [0.25, 0.3) is 0 Å². The highest BCUT2D eigenvalue weighted by atomic mass is 35.5. The minimum atomic E-state index is -0.883. The Morgan fingerprint density at radius 3 is 2.50 bits per heavy atom. The summed E-state index contributed by atoms with van der Waals surface area (Å²) in [6.07, 6.45) is 0.498. The molecule has 0 heterocycles. The highest BCUT2D eigenvalue weighted by Crippen LogP contribution is 2.52. The first kappa shape index (κ1) is 11.3. The van der Waals surface area contributed by atoms with Crippen LogP contribution in [0.4, 0.5) is 0 Å². The number of benzene rings is 1. The first-order chi connectivity index (χ1) is 7.61. The van der Waals surface area contributed by atoms with Gasteiger partial charge in [0.15, 0.2) is 0 Å². The Bertz CT molecular complexity index is 401. The van der Waals surface area contributed by atoms with Crippen LogP contribution >= 0.6 is 11.6 Å². The highest BCUT2D eigenvalue weighted by Gasteiger charge is 2.61. The fourth-order valence-electron chi connectivity index (χ4n) is 1.88. The Kier molecular flexibility index (Phi) is 2.80. The summed E-state index contributed by atoms with van der Waals surface area (Å²) < 4.78 is 5.30. The van der Waals surface area contributed by atoms with E-state index in [1.807, 2.05) is 6.92 Å². The van der Waals surface area contributed by atoms with Gasteiger partial charge in [-0.25, -0.2) is 0 Å². The summed E-state index contributed by atoms with van der Waals surface area (Å²) in [6, 6.07) is 7.12. The van der Waals surface area contributed by atoms with Gasteiger partial charge in [-0.1, -0.05) is 12.1 Å². The number of hydrogen-bond acceptors (Lipinski definition) is 2. The maximum atomic E-state index is 11.2. The van der Waals surface area contributed by atoms with E-state index < -0.39 is 11.4 Å². The molecule has 4 heteroatoms. The summed E-state index contributed by atoms with van der Waals surface area (Å²) in [5, 5.41) is 8.88. The number of rotatable bonds is 4. The van der Waals surface area contributed by atoms with E-state index in [1.165, 1.54) is 0 Å². The summed E-state index contributed by atoms with van der Waals surface area (Å²) in [4.78, 5) is 11.2. The topological polar surface area (TPSA) is 46.5 Å². The quantitative estimate of drug-likeness (QED) is 0.823. The van der Waals surface area contributed by atoms with Gasteiger partial charge in [-0.05, 0) is 31.0 Å². The first-order valence-electron chi connectivity index (χ1n) is 5.22. The van der Waals surface area contributed by atoms with E-state index in [4.69, 9.17) is 16.3 Å². The van der Waals surface area contributed by atoms with Crippen LogP contribution in [0.3, 0.4) is 0 Å². The largest absolute Gasteiger partial charge is 0.494 e. The lowest BCUT2D eigenvalue weighted by Crippen LogP contribution is -2.22. The molecule has 1 saturated carbocycles. The van der Waals surface area contributed by atoms with E-state index in [0.29, 0.717) is 13.0 Å². The molecule has 1 aliphatic carbocycles. The molecule has 1 aliphatic rings. The third-order valence-electron chi connectivity index (χ3n) is 2.94. The maximum Gasteiger partial charge on any atom is 0.315 e. The number of alkyl halides is 1. The molecular weight excluding hydrogens is 228 g/mol. The van der Waals surface area contributed by atoms with E-state index in [1.54, 1.807) is 24.3 Å². The van der Waals surface area contributed by atoms with E-state index in [0.717, 1.165) is 11.3 Å². The van der Waals surface area contributed by atoms with Crippen molar-refractivity contribution in [1.29, 1.82) is 0 Å². The van der Waals surface area contributed by atoms with Gasteiger partial charge in [-0.3, -0.25) is 4.79 Å². The summed E-state index contributed by atoms with van der Waals surface area (Å²) in [5.41, 5.74) is -0.129. The van der Waals surface area contributed by atoms with Crippen LogP contribution in [0.1, 0.15) is 18.9 Å². The van der Waals surface area contributed by atoms with Crippen LogP contribution in [0.2, 0.25) is 0 Å². The SMILES string of the molecule is CCOc1ccc(C2(C(=O)O)CC2Cl)cc1. The van der Waals surface area contributed by atoms with Crippen molar-refractivity contribution in [3.8, 4) is 5.75 Å².